The molecule has 0 rings (SSSR count). The molecule has 6 nitrogen and oxygen atoms in total. The Labute approximate surface area is 414 Å². The van der Waals surface area contributed by atoms with Crippen LogP contribution >= 0.6 is 0 Å². The van der Waals surface area contributed by atoms with Gasteiger partial charge in [0.05, 0.1) is 0 Å². The molecule has 0 aromatic carbocycles. The Bertz CT molecular complexity index is 1260. The van der Waals surface area contributed by atoms with Gasteiger partial charge in [0.25, 0.3) is 0 Å². The first-order chi connectivity index (χ1) is 33.0. The Morgan fingerprint density at radius 3 is 0.925 bits per heavy atom. The van der Waals surface area contributed by atoms with E-state index < -0.39 is 6.10 Å². The van der Waals surface area contributed by atoms with Crippen molar-refractivity contribution in [1.29, 1.82) is 0 Å². The van der Waals surface area contributed by atoms with Gasteiger partial charge in [0, 0.05) is 19.3 Å². The second-order valence-electron chi connectivity index (χ2n) is 18.8. The summed E-state index contributed by atoms with van der Waals surface area (Å²) >= 11 is 0. The Kier molecular flexibility index (Phi) is 52.8. The highest BCUT2D eigenvalue weighted by atomic mass is 16.6. The predicted molar refractivity (Wildman–Crippen MR) is 288 cm³/mol. The topological polar surface area (TPSA) is 78.9 Å². The Morgan fingerprint density at radius 1 is 0.313 bits per heavy atom. The quantitative estimate of drug-likeness (QED) is 0.0262. The molecule has 0 amide bonds. The first-order valence-electron chi connectivity index (χ1n) is 28.4. The van der Waals surface area contributed by atoms with E-state index in [-0.39, 0.29) is 31.1 Å². The zero-order chi connectivity index (χ0) is 48.6. The number of hydrogen-bond donors (Lipinski definition) is 0. The third kappa shape index (κ3) is 53.7. The van der Waals surface area contributed by atoms with Gasteiger partial charge in [-0.25, -0.2) is 0 Å². The highest BCUT2D eigenvalue weighted by Crippen LogP contribution is 2.15. The Balaban J connectivity index is 4.22. The van der Waals surface area contributed by atoms with E-state index in [9.17, 15) is 14.4 Å². The molecule has 0 radical (unpaired) electrons. The molecular weight excluding hydrogens is 829 g/mol. The predicted octanol–water partition coefficient (Wildman–Crippen LogP) is 19.0. The van der Waals surface area contributed by atoms with Gasteiger partial charge in [-0.2, -0.15) is 0 Å². The Morgan fingerprint density at radius 2 is 0.582 bits per heavy atom. The van der Waals surface area contributed by atoms with E-state index in [1.807, 2.05) is 0 Å². The molecule has 0 fully saturated rings. The molecule has 0 spiro atoms. The highest BCUT2D eigenvalue weighted by molar-refractivity contribution is 5.71. The van der Waals surface area contributed by atoms with Crippen LogP contribution in [0.4, 0.5) is 0 Å². The molecule has 0 aromatic rings. The van der Waals surface area contributed by atoms with Crippen molar-refractivity contribution in [3.05, 3.63) is 72.9 Å². The lowest BCUT2D eigenvalue weighted by molar-refractivity contribution is -0.167. The minimum atomic E-state index is -0.778. The largest absolute Gasteiger partial charge is 0.462 e. The van der Waals surface area contributed by atoms with Crippen LogP contribution in [0.2, 0.25) is 0 Å². The van der Waals surface area contributed by atoms with Crippen molar-refractivity contribution < 1.29 is 28.6 Å². The number of rotatable bonds is 51. The van der Waals surface area contributed by atoms with E-state index in [1.165, 1.54) is 141 Å². The van der Waals surface area contributed by atoms with Crippen LogP contribution in [0.15, 0.2) is 72.9 Å². The summed E-state index contributed by atoms with van der Waals surface area (Å²) in [6, 6.07) is 0. The van der Waals surface area contributed by atoms with Gasteiger partial charge < -0.3 is 14.2 Å². The van der Waals surface area contributed by atoms with Crippen LogP contribution in [0.25, 0.3) is 0 Å². The number of hydrogen-bond acceptors (Lipinski definition) is 6. The van der Waals surface area contributed by atoms with Crippen molar-refractivity contribution in [1.82, 2.24) is 0 Å². The van der Waals surface area contributed by atoms with Crippen molar-refractivity contribution in [2.75, 3.05) is 13.2 Å². The van der Waals surface area contributed by atoms with Crippen molar-refractivity contribution in [3.8, 4) is 0 Å². The summed E-state index contributed by atoms with van der Waals surface area (Å²) < 4.78 is 16.8. The molecule has 67 heavy (non-hydrogen) atoms. The first-order valence-corrected chi connectivity index (χ1v) is 28.4. The van der Waals surface area contributed by atoms with Gasteiger partial charge in [0.15, 0.2) is 6.10 Å². The summed E-state index contributed by atoms with van der Waals surface area (Å²) in [5, 5.41) is 0. The molecule has 0 saturated heterocycles. The van der Waals surface area contributed by atoms with Crippen molar-refractivity contribution >= 4 is 17.9 Å². The lowest BCUT2D eigenvalue weighted by atomic mass is 10.1. The molecule has 0 aromatic heterocycles. The average molecular weight is 936 g/mol. The summed E-state index contributed by atoms with van der Waals surface area (Å²) in [5.41, 5.74) is 0. The molecule has 0 aliphatic rings. The maximum atomic E-state index is 12.8. The summed E-state index contributed by atoms with van der Waals surface area (Å²) in [6.45, 7) is 6.48. The molecule has 0 bridgehead atoms. The smallest absolute Gasteiger partial charge is 0.306 e. The second-order valence-corrected chi connectivity index (χ2v) is 18.8. The standard InChI is InChI=1S/C61H106O6/c1-4-7-10-13-16-18-20-22-24-26-28-29-30-31-33-34-36-38-40-42-45-48-51-54-60(63)66-57-58(56-65-59(62)53-50-47-44-15-12-9-6-3)67-61(64)55-52-49-46-43-41-39-37-35-32-27-25-23-21-19-17-14-11-8-5-2/h7,10,16,18,22-25,28-29,31,33,58H,4-6,8-9,11-15,17,19-21,26-27,30,32,34-57H2,1-3H3/b10-7-,18-16-,24-22-,25-23-,29-28-,33-31-. The van der Waals surface area contributed by atoms with E-state index in [1.54, 1.807) is 0 Å². The maximum Gasteiger partial charge on any atom is 0.306 e. The third-order valence-electron chi connectivity index (χ3n) is 12.2. The number of allylic oxidation sites excluding steroid dienone is 12. The maximum absolute atomic E-state index is 12.8. The zero-order valence-corrected chi connectivity index (χ0v) is 44.2. The van der Waals surface area contributed by atoms with Crippen molar-refractivity contribution in [2.45, 2.75) is 284 Å². The van der Waals surface area contributed by atoms with E-state index in [0.717, 1.165) is 96.3 Å². The lowest BCUT2D eigenvalue weighted by Gasteiger charge is -2.18. The molecule has 1 unspecified atom stereocenters. The van der Waals surface area contributed by atoms with E-state index >= 15 is 0 Å². The van der Waals surface area contributed by atoms with Crippen LogP contribution in [-0.2, 0) is 28.6 Å². The molecule has 0 aliphatic carbocycles. The zero-order valence-electron chi connectivity index (χ0n) is 44.2. The summed E-state index contributed by atoms with van der Waals surface area (Å²) in [4.78, 5) is 37.9. The summed E-state index contributed by atoms with van der Waals surface area (Å²) in [7, 11) is 0. The van der Waals surface area contributed by atoms with Gasteiger partial charge in [-0.1, -0.05) is 241 Å². The third-order valence-corrected chi connectivity index (χ3v) is 12.2. The van der Waals surface area contributed by atoms with Crippen LogP contribution in [-0.4, -0.2) is 37.2 Å². The summed E-state index contributed by atoms with van der Waals surface area (Å²) in [5.74, 6) is -0.892. The fraction of sp³-hybridized carbons (Fsp3) is 0.754. The highest BCUT2D eigenvalue weighted by Gasteiger charge is 2.19. The van der Waals surface area contributed by atoms with Crippen LogP contribution in [0.5, 0.6) is 0 Å². The van der Waals surface area contributed by atoms with Crippen LogP contribution in [0.1, 0.15) is 278 Å². The Hall–Kier alpha value is -3.15. The SMILES string of the molecule is CC/C=C\C/C=C\C/C=C\C/C=C\C/C=C\CCCCCCCCCC(=O)OCC(COC(=O)CCCCCCCCC)OC(=O)CCCCCCCCCCC/C=C\CCCCCCCC. The summed E-state index contributed by atoms with van der Waals surface area (Å²) in [6.07, 6.45) is 70.5. The van der Waals surface area contributed by atoms with Gasteiger partial charge in [-0.3, -0.25) is 14.4 Å². The molecule has 0 aliphatic heterocycles. The van der Waals surface area contributed by atoms with Gasteiger partial charge in [0.1, 0.15) is 13.2 Å². The average Bonchev–Trinajstić information content (AvgIpc) is 3.33. The van der Waals surface area contributed by atoms with Gasteiger partial charge in [0.2, 0.25) is 0 Å². The van der Waals surface area contributed by atoms with Crippen LogP contribution in [0, 0.1) is 0 Å². The van der Waals surface area contributed by atoms with Gasteiger partial charge >= 0.3 is 17.9 Å². The number of esters is 3. The molecule has 0 saturated carbocycles. The molecule has 6 heteroatoms. The van der Waals surface area contributed by atoms with Gasteiger partial charge in [-0.05, 0) is 89.9 Å². The van der Waals surface area contributed by atoms with Crippen molar-refractivity contribution in [3.63, 3.8) is 0 Å². The molecular formula is C61H106O6. The van der Waals surface area contributed by atoms with Crippen LogP contribution < -0.4 is 0 Å². The van der Waals surface area contributed by atoms with Crippen molar-refractivity contribution in [2.24, 2.45) is 0 Å². The molecule has 0 heterocycles. The molecule has 1 atom stereocenters. The van der Waals surface area contributed by atoms with E-state index in [4.69, 9.17) is 14.2 Å². The lowest BCUT2D eigenvalue weighted by Crippen LogP contribution is -2.30. The van der Waals surface area contributed by atoms with Crippen LogP contribution in [0.3, 0.4) is 0 Å². The minimum absolute atomic E-state index is 0.0785. The fourth-order valence-corrected chi connectivity index (χ4v) is 7.93. The minimum Gasteiger partial charge on any atom is -0.462 e. The first kappa shape index (κ1) is 63.8. The second kappa shape index (κ2) is 55.4. The normalized spacial score (nSPS) is 12.6. The number of unbranched alkanes of at least 4 members (excludes halogenated alkanes) is 28. The molecule has 386 valence electrons. The van der Waals surface area contributed by atoms with E-state index in [0.29, 0.717) is 19.3 Å². The fourth-order valence-electron chi connectivity index (χ4n) is 7.93. The number of carbonyl (C=O) groups is 3. The monoisotopic (exact) mass is 935 g/mol. The number of ether oxygens (including phenoxy) is 3. The molecule has 0 N–H and O–H groups in total. The van der Waals surface area contributed by atoms with Gasteiger partial charge in [-0.15, -0.1) is 0 Å². The van der Waals surface area contributed by atoms with E-state index in [2.05, 4.69) is 93.7 Å². The number of carbonyl (C=O) groups excluding carboxylic acids is 3.